The van der Waals surface area contributed by atoms with Crippen molar-refractivity contribution in [3.8, 4) is 0 Å². The van der Waals surface area contributed by atoms with E-state index in [1.807, 2.05) is 7.05 Å². The Morgan fingerprint density at radius 1 is 1.38 bits per heavy atom. The lowest BCUT2D eigenvalue weighted by Gasteiger charge is -2.36. The van der Waals surface area contributed by atoms with E-state index in [1.165, 1.54) is 19.3 Å². The van der Waals surface area contributed by atoms with Crippen LogP contribution in [0.1, 0.15) is 38.5 Å². The highest BCUT2D eigenvalue weighted by atomic mass is 35.5. The Bertz CT molecular complexity index is 260. The fourth-order valence-corrected chi connectivity index (χ4v) is 2.37. The lowest BCUT2D eigenvalue weighted by molar-refractivity contribution is -0.122. The summed E-state index contributed by atoms with van der Waals surface area (Å²) < 4.78 is 0. The van der Waals surface area contributed by atoms with E-state index >= 15 is 0 Å². The molecule has 1 aliphatic carbocycles. The monoisotopic (exact) mass is 244 g/mol. The van der Waals surface area contributed by atoms with E-state index in [0.29, 0.717) is 18.0 Å². The predicted molar refractivity (Wildman–Crippen MR) is 67.5 cm³/mol. The van der Waals surface area contributed by atoms with Crippen molar-refractivity contribution in [1.82, 2.24) is 10.6 Å². The van der Waals surface area contributed by atoms with Crippen molar-refractivity contribution in [2.45, 2.75) is 44.1 Å². The first kappa shape index (κ1) is 13.5. The van der Waals surface area contributed by atoms with Crippen molar-refractivity contribution in [2.75, 3.05) is 13.6 Å². The molecule has 1 saturated carbocycles. The number of hydrogen-bond donors (Lipinski definition) is 2. The van der Waals surface area contributed by atoms with Gasteiger partial charge >= 0.3 is 0 Å². The van der Waals surface area contributed by atoms with Crippen LogP contribution < -0.4 is 10.6 Å². The molecule has 0 spiro atoms. The first-order valence-corrected chi connectivity index (χ1v) is 6.25. The Morgan fingerprint density at radius 3 is 2.50 bits per heavy atom. The second-order valence-electron chi connectivity index (χ2n) is 4.56. The Kier molecular flexibility index (Phi) is 5.29. The molecule has 0 bridgehead atoms. The fourth-order valence-electron chi connectivity index (χ4n) is 2.31. The SMILES string of the molecule is C=C(Cl)CNC(=O)CC1(NC)CCCCC1. The van der Waals surface area contributed by atoms with Crippen molar-refractivity contribution in [2.24, 2.45) is 0 Å². The average molecular weight is 245 g/mol. The number of nitrogens with one attached hydrogen (secondary N) is 2. The van der Waals surface area contributed by atoms with E-state index in [9.17, 15) is 4.79 Å². The Labute approximate surface area is 103 Å². The largest absolute Gasteiger partial charge is 0.351 e. The van der Waals surface area contributed by atoms with Crippen molar-refractivity contribution in [3.05, 3.63) is 11.6 Å². The van der Waals surface area contributed by atoms with Crippen LogP contribution in [0.3, 0.4) is 0 Å². The molecule has 1 aliphatic rings. The van der Waals surface area contributed by atoms with E-state index in [1.54, 1.807) is 0 Å². The zero-order valence-corrected chi connectivity index (χ0v) is 10.7. The van der Waals surface area contributed by atoms with Crippen molar-refractivity contribution >= 4 is 17.5 Å². The van der Waals surface area contributed by atoms with E-state index in [2.05, 4.69) is 17.2 Å². The summed E-state index contributed by atoms with van der Waals surface area (Å²) in [5.74, 6) is 0.0538. The first-order valence-electron chi connectivity index (χ1n) is 5.87. The molecule has 2 N–H and O–H groups in total. The topological polar surface area (TPSA) is 41.1 Å². The highest BCUT2D eigenvalue weighted by Crippen LogP contribution is 2.30. The van der Waals surface area contributed by atoms with Crippen molar-refractivity contribution in [3.63, 3.8) is 0 Å². The predicted octanol–water partition coefficient (Wildman–Crippen LogP) is 2.17. The van der Waals surface area contributed by atoms with Gasteiger partial charge in [0.15, 0.2) is 0 Å². The molecule has 0 aromatic rings. The molecule has 1 fully saturated rings. The third-order valence-corrected chi connectivity index (χ3v) is 3.45. The Balaban J connectivity index is 2.42. The quantitative estimate of drug-likeness (QED) is 0.778. The number of halogens is 1. The molecule has 4 heteroatoms. The number of hydrogen-bond acceptors (Lipinski definition) is 2. The Hall–Kier alpha value is -0.540. The molecule has 0 unspecified atom stereocenters. The minimum Gasteiger partial charge on any atom is -0.351 e. The van der Waals surface area contributed by atoms with Gasteiger partial charge in [-0.15, -0.1) is 0 Å². The maximum Gasteiger partial charge on any atom is 0.222 e. The molecular weight excluding hydrogens is 224 g/mol. The summed E-state index contributed by atoms with van der Waals surface area (Å²) in [5, 5.41) is 6.57. The van der Waals surface area contributed by atoms with E-state index in [0.717, 1.165) is 12.8 Å². The third kappa shape index (κ3) is 4.14. The number of amides is 1. The zero-order chi connectivity index (χ0) is 12.0. The maximum absolute atomic E-state index is 11.7. The zero-order valence-electron chi connectivity index (χ0n) is 9.94. The van der Waals surface area contributed by atoms with Gasteiger partial charge in [-0.05, 0) is 19.9 Å². The molecule has 1 amide bonds. The van der Waals surface area contributed by atoms with Crippen LogP contribution >= 0.6 is 11.6 Å². The highest BCUT2D eigenvalue weighted by molar-refractivity contribution is 6.29. The lowest BCUT2D eigenvalue weighted by atomic mass is 9.79. The molecule has 3 nitrogen and oxygen atoms in total. The molecular formula is C12H21ClN2O. The molecule has 16 heavy (non-hydrogen) atoms. The van der Waals surface area contributed by atoms with E-state index < -0.39 is 0 Å². The summed E-state index contributed by atoms with van der Waals surface area (Å²) in [4.78, 5) is 11.7. The van der Waals surface area contributed by atoms with Crippen molar-refractivity contribution < 1.29 is 4.79 Å². The van der Waals surface area contributed by atoms with Crippen LogP contribution in [0, 0.1) is 0 Å². The summed E-state index contributed by atoms with van der Waals surface area (Å²) in [6.07, 6.45) is 6.39. The second-order valence-corrected chi connectivity index (χ2v) is 5.10. The van der Waals surface area contributed by atoms with Crippen molar-refractivity contribution in [1.29, 1.82) is 0 Å². The van der Waals surface area contributed by atoms with Gasteiger partial charge in [0.2, 0.25) is 5.91 Å². The van der Waals surface area contributed by atoms with Crippen LogP contribution in [-0.4, -0.2) is 25.0 Å². The van der Waals surface area contributed by atoms with Crippen LogP contribution in [0.4, 0.5) is 0 Å². The van der Waals surface area contributed by atoms with E-state index in [-0.39, 0.29) is 11.4 Å². The second kappa shape index (κ2) is 6.26. The van der Waals surface area contributed by atoms with Crippen LogP contribution in [0.25, 0.3) is 0 Å². The average Bonchev–Trinajstić information content (AvgIpc) is 2.28. The van der Waals surface area contributed by atoms with E-state index in [4.69, 9.17) is 11.6 Å². The van der Waals surface area contributed by atoms with Gasteiger partial charge in [0.25, 0.3) is 0 Å². The van der Waals surface area contributed by atoms with Crippen LogP contribution in [0.5, 0.6) is 0 Å². The van der Waals surface area contributed by atoms with Gasteiger partial charge in [-0.2, -0.15) is 0 Å². The molecule has 0 aliphatic heterocycles. The molecule has 0 atom stereocenters. The first-order chi connectivity index (χ1) is 7.58. The normalized spacial score (nSPS) is 19.1. The van der Waals surface area contributed by atoms with Gasteiger partial charge < -0.3 is 10.6 Å². The Morgan fingerprint density at radius 2 is 2.00 bits per heavy atom. The van der Waals surface area contributed by atoms with Gasteiger partial charge in [0, 0.05) is 17.0 Å². The maximum atomic E-state index is 11.7. The minimum absolute atomic E-state index is 0.00399. The van der Waals surface area contributed by atoms with Gasteiger partial charge in [-0.25, -0.2) is 0 Å². The smallest absolute Gasteiger partial charge is 0.222 e. The molecule has 1 rings (SSSR count). The lowest BCUT2D eigenvalue weighted by Crippen LogP contribution is -2.48. The summed E-state index contributed by atoms with van der Waals surface area (Å²) in [6, 6.07) is 0. The summed E-state index contributed by atoms with van der Waals surface area (Å²) >= 11 is 5.61. The number of rotatable bonds is 5. The van der Waals surface area contributed by atoms with Gasteiger partial charge in [-0.3, -0.25) is 4.79 Å². The fraction of sp³-hybridized carbons (Fsp3) is 0.750. The van der Waals surface area contributed by atoms with Gasteiger partial charge in [-0.1, -0.05) is 37.4 Å². The molecule has 0 radical (unpaired) electrons. The summed E-state index contributed by atoms with van der Waals surface area (Å²) in [6.45, 7) is 3.91. The molecule has 0 aromatic heterocycles. The summed E-state index contributed by atoms with van der Waals surface area (Å²) in [5.41, 5.74) is -0.00399. The molecule has 0 aromatic carbocycles. The number of carbonyl (C=O) groups is 1. The molecule has 92 valence electrons. The third-order valence-electron chi connectivity index (χ3n) is 3.32. The van der Waals surface area contributed by atoms with Gasteiger partial charge in [0.05, 0.1) is 6.54 Å². The standard InChI is InChI=1S/C12H21ClN2O/c1-10(13)9-15-11(16)8-12(14-2)6-4-3-5-7-12/h14H,1,3-9H2,2H3,(H,15,16). The highest BCUT2D eigenvalue weighted by Gasteiger charge is 2.32. The van der Waals surface area contributed by atoms with Crippen LogP contribution in [0.2, 0.25) is 0 Å². The van der Waals surface area contributed by atoms with Crippen LogP contribution in [0.15, 0.2) is 11.6 Å². The summed E-state index contributed by atoms with van der Waals surface area (Å²) in [7, 11) is 1.94. The molecule has 0 heterocycles. The minimum atomic E-state index is -0.00399. The molecule has 0 saturated heterocycles. The van der Waals surface area contributed by atoms with Gasteiger partial charge in [0.1, 0.15) is 0 Å². The number of carbonyl (C=O) groups excluding carboxylic acids is 1. The van der Waals surface area contributed by atoms with Crippen LogP contribution in [-0.2, 0) is 4.79 Å².